The molecule has 9 heteroatoms. The Morgan fingerprint density at radius 1 is 1.03 bits per heavy atom. The number of rotatable bonds is 10. The molecule has 0 saturated carbocycles. The molecule has 0 amide bonds. The molecule has 0 aliphatic heterocycles. The summed E-state index contributed by atoms with van der Waals surface area (Å²) in [5.74, 6) is 2.21. The Morgan fingerprint density at radius 2 is 1.71 bits per heavy atom. The number of aliphatic imine (C=N–C) groups is 1. The highest BCUT2D eigenvalue weighted by molar-refractivity contribution is 14.0. The Labute approximate surface area is 202 Å². The molecule has 2 rings (SSSR count). The smallest absolute Gasteiger partial charge is 0.191 e. The first-order valence-electron chi connectivity index (χ1n) is 9.90. The highest BCUT2D eigenvalue weighted by atomic mass is 127. The average Bonchev–Trinajstić information content (AvgIpc) is 2.73. The molecular formula is C22H32IN3O4S. The normalized spacial score (nSPS) is 11.4. The van der Waals surface area contributed by atoms with Gasteiger partial charge in [0, 0.05) is 26.4 Å². The predicted molar refractivity (Wildman–Crippen MR) is 136 cm³/mol. The van der Waals surface area contributed by atoms with Gasteiger partial charge in [-0.15, -0.1) is 24.0 Å². The Hall–Kier alpha value is -2.01. The maximum absolute atomic E-state index is 11.5. The van der Waals surface area contributed by atoms with Crippen LogP contribution in [0.2, 0.25) is 0 Å². The summed E-state index contributed by atoms with van der Waals surface area (Å²) in [5, 5.41) is 6.53. The van der Waals surface area contributed by atoms with Gasteiger partial charge in [-0.05, 0) is 55.2 Å². The van der Waals surface area contributed by atoms with Crippen LogP contribution in [0, 0.1) is 0 Å². The van der Waals surface area contributed by atoms with Gasteiger partial charge in [0.05, 0.1) is 18.6 Å². The van der Waals surface area contributed by atoms with Gasteiger partial charge < -0.3 is 20.1 Å². The van der Waals surface area contributed by atoms with Gasteiger partial charge in [0.2, 0.25) is 0 Å². The highest BCUT2D eigenvalue weighted by Crippen LogP contribution is 2.28. The van der Waals surface area contributed by atoms with Gasteiger partial charge in [-0.1, -0.05) is 18.2 Å². The number of hydrogen-bond donors (Lipinski definition) is 2. The SMILES string of the molecule is CCOc1cc(CCCNC(=NC)NCc2ccc(S(C)(=O)=O)cc2)ccc1OC.I. The zero-order valence-corrected chi connectivity index (χ0v) is 21.6. The lowest BCUT2D eigenvalue weighted by Gasteiger charge is -2.13. The lowest BCUT2D eigenvalue weighted by atomic mass is 10.1. The van der Waals surface area contributed by atoms with Gasteiger partial charge in [0.1, 0.15) is 0 Å². The zero-order chi connectivity index (χ0) is 22.0. The summed E-state index contributed by atoms with van der Waals surface area (Å²) in [6.45, 7) is 3.87. The molecule has 0 aliphatic rings. The number of sulfone groups is 1. The Morgan fingerprint density at radius 3 is 2.29 bits per heavy atom. The van der Waals surface area contributed by atoms with E-state index >= 15 is 0 Å². The Bertz CT molecular complexity index is 948. The van der Waals surface area contributed by atoms with Crippen molar-refractivity contribution in [2.75, 3.05) is 33.6 Å². The fourth-order valence-electron chi connectivity index (χ4n) is 2.91. The minimum atomic E-state index is -3.17. The Balaban J connectivity index is 0.00000480. The second-order valence-corrected chi connectivity index (χ2v) is 8.81. The second-order valence-electron chi connectivity index (χ2n) is 6.79. The number of ether oxygens (including phenoxy) is 2. The van der Waals surface area contributed by atoms with Crippen molar-refractivity contribution in [3.63, 3.8) is 0 Å². The maximum Gasteiger partial charge on any atom is 0.191 e. The van der Waals surface area contributed by atoms with Crippen LogP contribution in [0.15, 0.2) is 52.4 Å². The van der Waals surface area contributed by atoms with E-state index in [1.165, 1.54) is 11.8 Å². The molecular weight excluding hydrogens is 529 g/mol. The lowest BCUT2D eigenvalue weighted by molar-refractivity contribution is 0.310. The number of hydrogen-bond acceptors (Lipinski definition) is 5. The van der Waals surface area contributed by atoms with E-state index in [9.17, 15) is 8.42 Å². The standard InChI is InChI=1S/C22H31N3O4S.HI/c1-5-29-21-15-17(10-13-20(21)28-3)7-6-14-24-22(23-2)25-16-18-8-11-19(12-9-18)30(4,26)27;/h8-13,15H,5-7,14,16H2,1-4H3,(H2,23,24,25);1H. The van der Waals surface area contributed by atoms with E-state index in [0.29, 0.717) is 24.0 Å². The van der Waals surface area contributed by atoms with Crippen LogP contribution in [0.3, 0.4) is 0 Å². The molecule has 2 aromatic carbocycles. The third-order valence-corrected chi connectivity index (χ3v) is 5.63. The van der Waals surface area contributed by atoms with Crippen LogP contribution in [-0.4, -0.2) is 47.9 Å². The molecule has 7 nitrogen and oxygen atoms in total. The first kappa shape index (κ1) is 27.0. The number of nitrogens with zero attached hydrogens (tertiary/aromatic N) is 1. The fraction of sp³-hybridized carbons (Fsp3) is 0.409. The summed E-state index contributed by atoms with van der Waals surface area (Å²) in [6.07, 6.45) is 3.04. The number of aryl methyl sites for hydroxylation is 1. The molecule has 0 bridgehead atoms. The fourth-order valence-corrected chi connectivity index (χ4v) is 3.54. The second kappa shape index (κ2) is 13.4. The molecule has 172 valence electrons. The van der Waals surface area contributed by atoms with Gasteiger partial charge in [-0.25, -0.2) is 8.42 Å². The summed E-state index contributed by atoms with van der Waals surface area (Å²) < 4.78 is 34.0. The van der Waals surface area contributed by atoms with Gasteiger partial charge in [0.15, 0.2) is 27.3 Å². The topological polar surface area (TPSA) is 89.0 Å². The van der Waals surface area contributed by atoms with Crippen LogP contribution in [0.5, 0.6) is 11.5 Å². The van der Waals surface area contributed by atoms with Gasteiger partial charge in [-0.2, -0.15) is 0 Å². The van der Waals surface area contributed by atoms with Crippen molar-refractivity contribution in [3.8, 4) is 11.5 Å². The molecule has 0 heterocycles. The monoisotopic (exact) mass is 561 g/mol. The van der Waals surface area contributed by atoms with Crippen molar-refractivity contribution in [1.82, 2.24) is 10.6 Å². The van der Waals surface area contributed by atoms with Gasteiger partial charge >= 0.3 is 0 Å². The molecule has 0 unspecified atom stereocenters. The maximum atomic E-state index is 11.5. The van der Waals surface area contributed by atoms with Crippen LogP contribution in [0.25, 0.3) is 0 Å². The summed E-state index contributed by atoms with van der Waals surface area (Å²) in [7, 11) is 0.186. The number of benzene rings is 2. The van der Waals surface area contributed by atoms with Crippen LogP contribution in [0.1, 0.15) is 24.5 Å². The lowest BCUT2D eigenvalue weighted by Crippen LogP contribution is -2.37. The number of nitrogens with one attached hydrogen (secondary N) is 2. The molecule has 0 aromatic heterocycles. The van der Waals surface area contributed by atoms with Crippen LogP contribution in [-0.2, 0) is 22.8 Å². The predicted octanol–water partition coefficient (Wildman–Crippen LogP) is 3.41. The van der Waals surface area contributed by atoms with E-state index in [1.54, 1.807) is 38.4 Å². The molecule has 0 atom stereocenters. The molecule has 0 saturated heterocycles. The van der Waals surface area contributed by atoms with E-state index in [-0.39, 0.29) is 24.0 Å². The Kier molecular flexibility index (Phi) is 11.7. The summed E-state index contributed by atoms with van der Waals surface area (Å²) >= 11 is 0. The van der Waals surface area contributed by atoms with Gasteiger partial charge in [0.25, 0.3) is 0 Å². The van der Waals surface area contributed by atoms with E-state index in [1.807, 2.05) is 19.1 Å². The quantitative estimate of drug-likeness (QED) is 0.200. The largest absolute Gasteiger partial charge is 0.493 e. The van der Waals surface area contributed by atoms with Crippen LogP contribution >= 0.6 is 24.0 Å². The minimum Gasteiger partial charge on any atom is -0.493 e. The zero-order valence-electron chi connectivity index (χ0n) is 18.5. The summed E-state index contributed by atoms with van der Waals surface area (Å²) in [4.78, 5) is 4.55. The van der Waals surface area contributed by atoms with Crippen molar-refractivity contribution < 1.29 is 17.9 Å². The molecule has 2 N–H and O–H groups in total. The van der Waals surface area contributed by atoms with Crippen molar-refractivity contribution in [1.29, 1.82) is 0 Å². The van der Waals surface area contributed by atoms with Crippen molar-refractivity contribution in [2.45, 2.75) is 31.2 Å². The third kappa shape index (κ3) is 8.94. The highest BCUT2D eigenvalue weighted by Gasteiger charge is 2.07. The summed E-state index contributed by atoms with van der Waals surface area (Å²) in [6, 6.07) is 12.8. The molecule has 2 aromatic rings. The van der Waals surface area contributed by atoms with Crippen molar-refractivity contribution in [3.05, 3.63) is 53.6 Å². The van der Waals surface area contributed by atoms with Crippen molar-refractivity contribution >= 4 is 39.8 Å². The number of methoxy groups -OCH3 is 1. The van der Waals surface area contributed by atoms with E-state index in [4.69, 9.17) is 9.47 Å². The number of halogens is 1. The third-order valence-electron chi connectivity index (χ3n) is 4.50. The summed E-state index contributed by atoms with van der Waals surface area (Å²) in [5.41, 5.74) is 2.17. The number of guanidine groups is 1. The molecule has 0 spiro atoms. The van der Waals surface area contributed by atoms with E-state index in [0.717, 1.165) is 36.4 Å². The first-order valence-corrected chi connectivity index (χ1v) is 11.8. The molecule has 0 aliphatic carbocycles. The average molecular weight is 561 g/mol. The van der Waals surface area contributed by atoms with Crippen molar-refractivity contribution in [2.24, 2.45) is 4.99 Å². The minimum absolute atomic E-state index is 0. The molecule has 0 fully saturated rings. The molecule has 31 heavy (non-hydrogen) atoms. The van der Waals surface area contributed by atoms with Gasteiger partial charge in [-0.3, -0.25) is 4.99 Å². The van der Waals surface area contributed by atoms with Crippen LogP contribution < -0.4 is 20.1 Å². The van der Waals surface area contributed by atoms with E-state index < -0.39 is 9.84 Å². The first-order chi connectivity index (χ1) is 14.4. The molecule has 0 radical (unpaired) electrons. The van der Waals surface area contributed by atoms with E-state index in [2.05, 4.69) is 21.7 Å². The van der Waals surface area contributed by atoms with Crippen LogP contribution in [0.4, 0.5) is 0 Å².